The van der Waals surface area contributed by atoms with Crippen molar-refractivity contribution in [1.29, 1.82) is 0 Å². The highest BCUT2D eigenvalue weighted by Gasteiger charge is 2.43. The van der Waals surface area contributed by atoms with Gasteiger partial charge in [0.1, 0.15) is 11.2 Å². The lowest BCUT2D eigenvalue weighted by molar-refractivity contribution is 0.590. The normalized spacial score (nSPS) is 13.0. The lowest BCUT2D eigenvalue weighted by Gasteiger charge is -2.34. The van der Waals surface area contributed by atoms with E-state index in [0.717, 1.165) is 106 Å². The Morgan fingerprint density at radius 2 is 0.747 bits per heavy atom. The summed E-state index contributed by atoms with van der Waals surface area (Å²) in [6.45, 7) is 20.8. The highest BCUT2D eigenvalue weighted by atomic mass is 28.3. The first-order valence-electron chi connectivity index (χ1n) is 34.8. The molecule has 1 aliphatic rings. The second-order valence-electron chi connectivity index (χ2n) is 29.7. The molecule has 0 radical (unpaired) electrons. The summed E-state index contributed by atoms with van der Waals surface area (Å²) >= 11 is 0. The van der Waals surface area contributed by atoms with Gasteiger partial charge in [-0.25, -0.2) is 0 Å². The number of para-hydroxylation sites is 2. The van der Waals surface area contributed by atoms with E-state index in [1.807, 2.05) is 0 Å². The van der Waals surface area contributed by atoms with Gasteiger partial charge < -0.3 is 18.6 Å². The number of hydrogen-bond donors (Lipinski definition) is 0. The van der Waals surface area contributed by atoms with E-state index in [1.54, 1.807) is 0 Å². The van der Waals surface area contributed by atoms with E-state index in [1.165, 1.54) is 65.1 Å². The first-order valence-corrected chi connectivity index (χ1v) is 36.8. The minimum absolute atomic E-state index is 0.0446. The van der Waals surface area contributed by atoms with E-state index in [2.05, 4.69) is 381 Å². The molecule has 14 aromatic carbocycles. The van der Waals surface area contributed by atoms with Crippen molar-refractivity contribution in [2.45, 2.75) is 78.6 Å². The molecule has 1 aliphatic carbocycles. The standard InChI is InChI=1S/C94H78N2O2Si/c1-61-27-25-28-62(53-61)64-55-81-77-39-22-24-42-88(77)98-91(81)86(58-64)96(69-49-45-67(46-50-69)93(5,6)7)84-60-83-89(78-40-20-19-37-75(78)84)79-52-51-70(59-82(79)94(83,8)9)95(68-47-43-66(44-48-68)92(2,3)4)85-57-65(56-80-76-38-21-23-41-87(76)97-90(80)85)63-29-26-36-74(54-63)99(71-30-13-10-14-31-71,72-32-15-11-16-33-72)73-34-17-12-18-35-73/h10-60H,1-9H3. The molecule has 2 heterocycles. The second-order valence-corrected chi connectivity index (χ2v) is 33.5. The lowest BCUT2D eigenvalue weighted by Crippen LogP contribution is -2.74. The first kappa shape index (κ1) is 61.4. The van der Waals surface area contributed by atoms with Gasteiger partial charge in [-0.15, -0.1) is 0 Å². The Balaban J connectivity index is 0.879. The molecular weight excluding hydrogens is 1220 g/mol. The number of fused-ring (bicyclic) bond motifs is 11. The molecule has 0 saturated heterocycles. The van der Waals surface area contributed by atoms with E-state index in [-0.39, 0.29) is 10.8 Å². The molecule has 99 heavy (non-hydrogen) atoms. The van der Waals surface area contributed by atoms with Crippen LogP contribution in [0.3, 0.4) is 0 Å². The van der Waals surface area contributed by atoms with Crippen LogP contribution >= 0.6 is 0 Å². The molecule has 480 valence electrons. The Bertz CT molecular complexity index is 5700. The molecule has 0 atom stereocenters. The second kappa shape index (κ2) is 23.5. The molecule has 0 N–H and O–H groups in total. The van der Waals surface area contributed by atoms with Crippen molar-refractivity contribution in [2.24, 2.45) is 0 Å². The van der Waals surface area contributed by atoms with Crippen molar-refractivity contribution in [1.82, 2.24) is 0 Å². The molecule has 0 unspecified atom stereocenters. The highest BCUT2D eigenvalue weighted by molar-refractivity contribution is 7.20. The fourth-order valence-corrected chi connectivity index (χ4v) is 20.8. The molecular formula is C94H78N2O2Si. The summed E-state index contributed by atoms with van der Waals surface area (Å²) in [5.41, 5.74) is 22.3. The van der Waals surface area contributed by atoms with Gasteiger partial charge >= 0.3 is 0 Å². The molecule has 17 rings (SSSR count). The summed E-state index contributed by atoms with van der Waals surface area (Å²) in [6, 6.07) is 116. The SMILES string of the molecule is Cc1cccc(-c2cc(N(c3ccc(C(C)(C)C)cc3)c3cc4c(c5ccccc35)-c3ccc(N(c5ccc(C(C)(C)C)cc5)c5cc(-c6cccc([Si](c7ccccc7)(c7ccccc7)c7ccccc7)c6)cc6c5oc5ccccc56)cc3C4(C)C)c3oc4ccccc4c3c2)c1. The van der Waals surface area contributed by atoms with Gasteiger partial charge in [0.15, 0.2) is 19.2 Å². The third-order valence-electron chi connectivity index (χ3n) is 21.1. The predicted molar refractivity (Wildman–Crippen MR) is 422 cm³/mol. The zero-order chi connectivity index (χ0) is 67.5. The number of benzene rings is 14. The maximum atomic E-state index is 7.23. The Hall–Kier alpha value is -11.2. The van der Waals surface area contributed by atoms with Gasteiger partial charge in [-0.1, -0.05) is 291 Å². The van der Waals surface area contributed by atoms with Gasteiger partial charge in [0.05, 0.1) is 17.1 Å². The molecule has 16 aromatic rings. The number of rotatable bonds is 12. The smallest absolute Gasteiger partial charge is 0.179 e. The molecule has 0 aliphatic heterocycles. The molecule has 2 aromatic heterocycles. The third-order valence-corrected chi connectivity index (χ3v) is 25.9. The zero-order valence-electron chi connectivity index (χ0n) is 57.7. The third kappa shape index (κ3) is 10.2. The zero-order valence-corrected chi connectivity index (χ0v) is 58.7. The van der Waals surface area contributed by atoms with Crippen LogP contribution in [0.4, 0.5) is 34.1 Å². The Kier molecular flexibility index (Phi) is 14.6. The van der Waals surface area contributed by atoms with Crippen molar-refractivity contribution < 1.29 is 8.83 Å². The van der Waals surface area contributed by atoms with Crippen molar-refractivity contribution in [3.05, 3.63) is 337 Å². The number of nitrogens with zero attached hydrogens (tertiary/aromatic N) is 2. The predicted octanol–water partition coefficient (Wildman–Crippen LogP) is 23.5. The van der Waals surface area contributed by atoms with E-state index >= 15 is 0 Å². The van der Waals surface area contributed by atoms with E-state index < -0.39 is 13.5 Å². The van der Waals surface area contributed by atoms with Gasteiger partial charge in [-0.2, -0.15) is 0 Å². The molecule has 0 bridgehead atoms. The molecule has 4 nitrogen and oxygen atoms in total. The Morgan fingerprint density at radius 3 is 1.26 bits per heavy atom. The molecule has 0 spiro atoms. The minimum atomic E-state index is -2.90. The first-order chi connectivity index (χ1) is 48.0. The highest BCUT2D eigenvalue weighted by Crippen LogP contribution is 2.57. The molecule has 5 heteroatoms. The largest absolute Gasteiger partial charge is 0.454 e. The molecule has 0 amide bonds. The van der Waals surface area contributed by atoms with Crippen molar-refractivity contribution in [2.75, 3.05) is 9.80 Å². The number of hydrogen-bond acceptors (Lipinski definition) is 4. The fourth-order valence-electron chi connectivity index (χ4n) is 16.0. The topological polar surface area (TPSA) is 32.8 Å². The van der Waals surface area contributed by atoms with Crippen LogP contribution in [0, 0.1) is 6.92 Å². The summed E-state index contributed by atoms with van der Waals surface area (Å²) in [5, 5.41) is 12.0. The van der Waals surface area contributed by atoms with E-state index in [4.69, 9.17) is 8.83 Å². The minimum Gasteiger partial charge on any atom is -0.454 e. The lowest BCUT2D eigenvalue weighted by atomic mass is 9.81. The maximum absolute atomic E-state index is 7.23. The fraction of sp³-hybridized carbons (Fsp3) is 0.128. The summed E-state index contributed by atoms with van der Waals surface area (Å²) < 4.78 is 14.3. The van der Waals surface area contributed by atoms with Gasteiger partial charge in [0, 0.05) is 49.4 Å². The van der Waals surface area contributed by atoms with Crippen molar-refractivity contribution in [3.63, 3.8) is 0 Å². The number of furan rings is 2. The van der Waals surface area contributed by atoms with Crippen LogP contribution in [0.25, 0.3) is 88.0 Å². The average molecular weight is 1300 g/mol. The van der Waals surface area contributed by atoms with Crippen LogP contribution in [0.2, 0.25) is 0 Å². The van der Waals surface area contributed by atoms with Crippen LogP contribution in [0.1, 0.15) is 83.2 Å². The van der Waals surface area contributed by atoms with Gasteiger partial charge in [-0.3, -0.25) is 0 Å². The Morgan fingerprint density at radius 1 is 0.313 bits per heavy atom. The summed E-state index contributed by atoms with van der Waals surface area (Å²) in [6.07, 6.45) is 0. The van der Waals surface area contributed by atoms with Crippen molar-refractivity contribution in [3.8, 4) is 33.4 Å². The molecule has 0 fully saturated rings. The van der Waals surface area contributed by atoms with Crippen LogP contribution in [-0.2, 0) is 16.2 Å². The maximum Gasteiger partial charge on any atom is 0.179 e. The van der Waals surface area contributed by atoms with Gasteiger partial charge in [0.2, 0.25) is 0 Å². The molecule has 0 saturated carbocycles. The number of aryl methyl sites for hydroxylation is 1. The van der Waals surface area contributed by atoms with Crippen LogP contribution in [0.5, 0.6) is 0 Å². The average Bonchev–Trinajstić information content (AvgIpc) is 1.65. The van der Waals surface area contributed by atoms with Gasteiger partial charge in [-0.05, 0) is 178 Å². The summed E-state index contributed by atoms with van der Waals surface area (Å²) in [7, 11) is -2.90. The summed E-state index contributed by atoms with van der Waals surface area (Å²) in [5.74, 6) is 0. The van der Waals surface area contributed by atoms with Crippen LogP contribution in [-0.4, -0.2) is 8.07 Å². The summed E-state index contributed by atoms with van der Waals surface area (Å²) in [4.78, 5) is 4.95. The van der Waals surface area contributed by atoms with E-state index in [9.17, 15) is 0 Å². The monoisotopic (exact) mass is 1290 g/mol. The van der Waals surface area contributed by atoms with Crippen molar-refractivity contribution >= 4 is 118 Å². The van der Waals surface area contributed by atoms with E-state index in [0.29, 0.717) is 0 Å². The van der Waals surface area contributed by atoms with Crippen LogP contribution < -0.4 is 30.5 Å². The quantitative estimate of drug-likeness (QED) is 0.0901. The number of anilines is 6. The Labute approximate surface area is 581 Å². The van der Waals surface area contributed by atoms with Gasteiger partial charge in [0.25, 0.3) is 0 Å². The van der Waals surface area contributed by atoms with Crippen LogP contribution in [0.15, 0.2) is 318 Å².